The maximum Gasteiger partial charge on any atom is 0.123 e. The first-order valence-corrected chi connectivity index (χ1v) is 7.78. The van der Waals surface area contributed by atoms with Crippen LogP contribution in [0, 0.1) is 5.82 Å². The Morgan fingerprint density at radius 1 is 0.952 bits per heavy atom. The van der Waals surface area contributed by atoms with Crippen LogP contribution in [0.1, 0.15) is 42.7 Å². The van der Waals surface area contributed by atoms with Crippen molar-refractivity contribution in [2.24, 2.45) is 0 Å². The van der Waals surface area contributed by atoms with Crippen molar-refractivity contribution >= 4 is 0 Å². The topological polar surface area (TPSA) is 0 Å². The Balaban J connectivity index is 1.57. The molecule has 0 nitrogen and oxygen atoms in total. The molecule has 0 atom stereocenters. The molecule has 0 spiro atoms. The molecule has 1 aliphatic rings. The molecule has 3 rings (SSSR count). The van der Waals surface area contributed by atoms with E-state index in [0.717, 1.165) is 12.0 Å². The van der Waals surface area contributed by atoms with Crippen molar-refractivity contribution < 1.29 is 4.39 Å². The van der Waals surface area contributed by atoms with E-state index >= 15 is 0 Å². The third-order valence-corrected chi connectivity index (χ3v) is 4.41. The van der Waals surface area contributed by atoms with Gasteiger partial charge in [0.25, 0.3) is 0 Å². The van der Waals surface area contributed by atoms with Crippen molar-refractivity contribution in [3.63, 3.8) is 0 Å². The van der Waals surface area contributed by atoms with E-state index in [1.165, 1.54) is 42.9 Å². The molecule has 0 unspecified atom stereocenters. The lowest BCUT2D eigenvalue weighted by atomic mass is 9.81. The summed E-state index contributed by atoms with van der Waals surface area (Å²) in [5.41, 5.74) is 4.07. The molecule has 1 saturated carbocycles. The van der Waals surface area contributed by atoms with Gasteiger partial charge in [0.2, 0.25) is 0 Å². The third-order valence-electron chi connectivity index (χ3n) is 4.41. The average Bonchev–Trinajstić information content (AvgIpc) is 2.54. The summed E-state index contributed by atoms with van der Waals surface area (Å²) in [5.74, 6) is 0.566. The van der Waals surface area contributed by atoms with Crippen LogP contribution in [0.4, 0.5) is 4.39 Å². The predicted octanol–water partition coefficient (Wildman–Crippen LogP) is 5.65. The van der Waals surface area contributed by atoms with E-state index in [0.29, 0.717) is 5.92 Å². The summed E-state index contributed by atoms with van der Waals surface area (Å²) in [4.78, 5) is 0. The molecule has 2 aromatic carbocycles. The summed E-state index contributed by atoms with van der Waals surface area (Å²) in [6, 6.07) is 17.7. The molecule has 0 aromatic heterocycles. The first-order valence-electron chi connectivity index (χ1n) is 7.78. The molecule has 0 bridgehead atoms. The van der Waals surface area contributed by atoms with Crippen molar-refractivity contribution in [2.45, 2.75) is 38.0 Å². The zero-order valence-corrected chi connectivity index (χ0v) is 12.3. The van der Waals surface area contributed by atoms with Gasteiger partial charge in [0.15, 0.2) is 0 Å². The summed E-state index contributed by atoms with van der Waals surface area (Å²) in [7, 11) is 0. The van der Waals surface area contributed by atoms with E-state index in [9.17, 15) is 4.39 Å². The first kappa shape index (κ1) is 14.1. The van der Waals surface area contributed by atoms with Crippen LogP contribution < -0.4 is 0 Å². The maximum atomic E-state index is 13.2. The lowest BCUT2D eigenvalue weighted by molar-refractivity contribution is 0.515. The van der Waals surface area contributed by atoms with Crippen LogP contribution in [0.3, 0.4) is 0 Å². The fraction of sp³-hybridized carbons (Fsp3) is 0.300. The zero-order chi connectivity index (χ0) is 14.5. The smallest absolute Gasteiger partial charge is 0.123 e. The molecule has 1 fully saturated rings. The van der Waals surface area contributed by atoms with Crippen molar-refractivity contribution in [3.8, 4) is 0 Å². The Hall–Kier alpha value is -1.89. The molecule has 0 N–H and O–H groups in total. The van der Waals surface area contributed by atoms with Crippen LogP contribution >= 0.6 is 0 Å². The van der Waals surface area contributed by atoms with Gasteiger partial charge in [-0.1, -0.05) is 54.1 Å². The highest BCUT2D eigenvalue weighted by atomic mass is 19.1. The molecular formula is C20H21F. The van der Waals surface area contributed by atoms with Crippen LogP contribution in [-0.2, 0) is 6.42 Å². The average molecular weight is 280 g/mol. The lowest BCUT2D eigenvalue weighted by Gasteiger charge is -2.24. The zero-order valence-electron chi connectivity index (χ0n) is 12.3. The fourth-order valence-electron chi connectivity index (χ4n) is 3.18. The van der Waals surface area contributed by atoms with E-state index in [-0.39, 0.29) is 5.82 Å². The van der Waals surface area contributed by atoms with Crippen LogP contribution in [0.2, 0.25) is 0 Å². The SMILES string of the molecule is Fc1cccc(CC=C2CCC(c3ccccc3)CC2)c1. The summed E-state index contributed by atoms with van der Waals surface area (Å²) in [5, 5.41) is 0. The number of halogens is 1. The monoisotopic (exact) mass is 280 g/mol. The summed E-state index contributed by atoms with van der Waals surface area (Å²) in [6.07, 6.45) is 7.97. The van der Waals surface area contributed by atoms with E-state index in [1.807, 2.05) is 6.07 Å². The molecule has 108 valence electrons. The van der Waals surface area contributed by atoms with E-state index < -0.39 is 0 Å². The summed E-state index contributed by atoms with van der Waals surface area (Å²) in [6.45, 7) is 0. The minimum Gasteiger partial charge on any atom is -0.207 e. The first-order chi connectivity index (χ1) is 10.3. The quantitative estimate of drug-likeness (QED) is 0.637. The van der Waals surface area contributed by atoms with Crippen LogP contribution in [0.25, 0.3) is 0 Å². The number of hydrogen-bond donors (Lipinski definition) is 0. The third kappa shape index (κ3) is 3.81. The van der Waals surface area contributed by atoms with Gasteiger partial charge in [0.1, 0.15) is 5.82 Å². The second-order valence-corrected chi connectivity index (χ2v) is 5.88. The van der Waals surface area contributed by atoms with Crippen LogP contribution in [0.15, 0.2) is 66.2 Å². The van der Waals surface area contributed by atoms with Crippen molar-refractivity contribution in [1.29, 1.82) is 0 Å². The molecule has 0 aliphatic heterocycles. The highest BCUT2D eigenvalue weighted by Gasteiger charge is 2.17. The molecule has 0 amide bonds. The minimum absolute atomic E-state index is 0.140. The van der Waals surface area contributed by atoms with Gasteiger partial charge in [-0.2, -0.15) is 0 Å². The van der Waals surface area contributed by atoms with Crippen molar-refractivity contribution in [2.75, 3.05) is 0 Å². The van der Waals surface area contributed by atoms with Gasteiger partial charge in [-0.15, -0.1) is 0 Å². The normalized spacial score (nSPS) is 18.5. The van der Waals surface area contributed by atoms with Crippen LogP contribution in [0.5, 0.6) is 0 Å². The highest BCUT2D eigenvalue weighted by Crippen LogP contribution is 2.35. The number of hydrogen-bond acceptors (Lipinski definition) is 0. The summed E-state index contributed by atoms with van der Waals surface area (Å²) >= 11 is 0. The van der Waals surface area contributed by atoms with Gasteiger partial charge in [-0.3, -0.25) is 0 Å². The molecule has 0 radical (unpaired) electrons. The molecule has 2 aromatic rings. The highest BCUT2D eigenvalue weighted by molar-refractivity contribution is 5.24. The number of benzene rings is 2. The second-order valence-electron chi connectivity index (χ2n) is 5.88. The van der Waals surface area contributed by atoms with Crippen molar-refractivity contribution in [1.82, 2.24) is 0 Å². The minimum atomic E-state index is -0.140. The Labute approximate surface area is 126 Å². The van der Waals surface area contributed by atoms with Crippen LogP contribution in [-0.4, -0.2) is 0 Å². The van der Waals surface area contributed by atoms with Gasteiger partial charge in [-0.05, 0) is 61.3 Å². The van der Waals surface area contributed by atoms with Gasteiger partial charge >= 0.3 is 0 Å². The number of allylic oxidation sites excluding steroid dienone is 2. The van der Waals surface area contributed by atoms with Crippen molar-refractivity contribution in [3.05, 3.63) is 83.2 Å². The molecule has 0 saturated heterocycles. The molecule has 0 heterocycles. The van der Waals surface area contributed by atoms with E-state index in [1.54, 1.807) is 12.1 Å². The van der Waals surface area contributed by atoms with Gasteiger partial charge in [-0.25, -0.2) is 4.39 Å². The van der Waals surface area contributed by atoms with Gasteiger partial charge < -0.3 is 0 Å². The maximum absolute atomic E-state index is 13.2. The Morgan fingerprint density at radius 3 is 2.43 bits per heavy atom. The lowest BCUT2D eigenvalue weighted by Crippen LogP contribution is -2.06. The second kappa shape index (κ2) is 6.71. The molecule has 1 aliphatic carbocycles. The largest absolute Gasteiger partial charge is 0.207 e. The van der Waals surface area contributed by atoms with E-state index in [4.69, 9.17) is 0 Å². The molecule has 21 heavy (non-hydrogen) atoms. The van der Waals surface area contributed by atoms with Gasteiger partial charge in [0.05, 0.1) is 0 Å². The number of rotatable bonds is 3. The Morgan fingerprint density at radius 2 is 1.71 bits per heavy atom. The van der Waals surface area contributed by atoms with E-state index in [2.05, 4.69) is 36.4 Å². The molecular weight excluding hydrogens is 259 g/mol. The molecule has 1 heteroatoms. The predicted molar refractivity (Wildman–Crippen MR) is 85.8 cm³/mol. The Bertz CT molecular complexity index is 603. The fourth-order valence-corrected chi connectivity index (χ4v) is 3.18. The van der Waals surface area contributed by atoms with Gasteiger partial charge in [0, 0.05) is 0 Å². The summed E-state index contributed by atoms with van der Waals surface area (Å²) < 4.78 is 13.2. The Kier molecular flexibility index (Phi) is 4.49. The standard InChI is InChI=1S/C20H21F/c21-20-8-4-5-17(15-20)10-9-16-11-13-19(14-12-16)18-6-2-1-3-7-18/h1-9,15,19H,10-14H2.